The predicted octanol–water partition coefficient (Wildman–Crippen LogP) is 3.11. The van der Waals surface area contributed by atoms with Crippen LogP contribution in [0, 0.1) is 5.82 Å². The van der Waals surface area contributed by atoms with Crippen molar-refractivity contribution in [3.63, 3.8) is 0 Å². The summed E-state index contributed by atoms with van der Waals surface area (Å²) in [5, 5.41) is 11.3. The van der Waals surface area contributed by atoms with Crippen LogP contribution in [0.25, 0.3) is 27.5 Å². The molecule has 0 bridgehead atoms. The molecule has 5 aromatic rings. The fourth-order valence-corrected chi connectivity index (χ4v) is 4.56. The monoisotopic (exact) mass is 494 g/mol. The number of hydrogen-bond donors (Lipinski definition) is 2. The van der Waals surface area contributed by atoms with E-state index in [2.05, 4.69) is 15.0 Å². The number of rotatable bonds is 6. The number of nitrogens with zero attached hydrogens (tertiary/aromatic N) is 3. The maximum atomic E-state index is 15.0. The van der Waals surface area contributed by atoms with Gasteiger partial charge in [0.25, 0.3) is 5.56 Å². The van der Waals surface area contributed by atoms with Gasteiger partial charge in [-0.05, 0) is 6.07 Å². The molecule has 0 radical (unpaired) electrons. The van der Waals surface area contributed by atoms with Gasteiger partial charge in [0.05, 0.1) is 29.2 Å². The van der Waals surface area contributed by atoms with Crippen LogP contribution in [0.3, 0.4) is 0 Å². The molecule has 0 aliphatic rings. The zero-order valence-corrected chi connectivity index (χ0v) is 18.8. The molecule has 2 N–H and O–H groups in total. The van der Waals surface area contributed by atoms with Gasteiger partial charge in [0, 0.05) is 34.7 Å². The van der Waals surface area contributed by atoms with Crippen LogP contribution in [-0.2, 0) is 6.61 Å². The minimum Gasteiger partial charge on any atom is -0.493 e. The molecule has 10 nitrogen and oxygen atoms in total. The van der Waals surface area contributed by atoms with Gasteiger partial charge >= 0.3 is 11.7 Å². The minimum absolute atomic E-state index is 0.0319. The number of fused-ring (bicyclic) bond motifs is 2. The van der Waals surface area contributed by atoms with E-state index in [9.17, 15) is 19.5 Å². The molecule has 0 amide bonds. The van der Waals surface area contributed by atoms with Crippen LogP contribution in [0.15, 0.2) is 57.8 Å². The molecule has 0 unspecified atom stereocenters. The zero-order valence-electron chi connectivity index (χ0n) is 17.9. The van der Waals surface area contributed by atoms with Gasteiger partial charge in [-0.1, -0.05) is 12.1 Å². The Kier molecular flexibility index (Phi) is 5.49. The highest BCUT2D eigenvalue weighted by molar-refractivity contribution is 7.13. The molecule has 5 rings (SSSR count). The fourth-order valence-electron chi connectivity index (χ4n) is 3.73. The van der Waals surface area contributed by atoms with E-state index < -0.39 is 28.7 Å². The first-order valence-electron chi connectivity index (χ1n) is 10.1. The largest absolute Gasteiger partial charge is 0.493 e. The lowest BCUT2D eigenvalue weighted by Crippen LogP contribution is -2.34. The predicted molar refractivity (Wildman–Crippen MR) is 125 cm³/mol. The number of carboxylic acid groups (broad SMARTS) is 1. The van der Waals surface area contributed by atoms with Crippen molar-refractivity contribution in [1.82, 2.24) is 19.5 Å². The van der Waals surface area contributed by atoms with E-state index in [0.29, 0.717) is 10.1 Å². The quantitative estimate of drug-likeness (QED) is 0.368. The first-order valence-corrected chi connectivity index (χ1v) is 10.9. The Bertz CT molecular complexity index is 1740. The SMILES string of the molecule is COc1cc(F)c(-n2c(=O)[nH]c3csc(C(=O)O)c3c2=O)cc1OCc1cccc2ncncc12. The maximum Gasteiger partial charge on any atom is 0.346 e. The van der Waals surface area contributed by atoms with Crippen molar-refractivity contribution in [3.8, 4) is 17.2 Å². The van der Waals surface area contributed by atoms with Crippen LogP contribution in [0.4, 0.5) is 4.39 Å². The molecule has 176 valence electrons. The number of methoxy groups -OCH3 is 1. The summed E-state index contributed by atoms with van der Waals surface area (Å²) in [6.07, 6.45) is 3.07. The van der Waals surface area contributed by atoms with Gasteiger partial charge in [-0.3, -0.25) is 4.79 Å². The Balaban J connectivity index is 1.62. The summed E-state index contributed by atoms with van der Waals surface area (Å²) in [4.78, 5) is 47.7. The highest BCUT2D eigenvalue weighted by atomic mass is 32.1. The fraction of sp³-hybridized carbons (Fsp3) is 0.0870. The molecule has 0 spiro atoms. The third kappa shape index (κ3) is 3.79. The van der Waals surface area contributed by atoms with Crippen molar-refractivity contribution in [2.24, 2.45) is 0 Å². The van der Waals surface area contributed by atoms with Crippen molar-refractivity contribution in [2.45, 2.75) is 6.61 Å². The van der Waals surface area contributed by atoms with Crippen molar-refractivity contribution in [3.05, 3.63) is 85.3 Å². The Hall–Kier alpha value is -4.58. The minimum atomic E-state index is -1.33. The van der Waals surface area contributed by atoms with Gasteiger partial charge in [0.2, 0.25) is 0 Å². The number of hydrogen-bond acceptors (Lipinski definition) is 8. The summed E-state index contributed by atoms with van der Waals surface area (Å²) < 4.78 is 26.7. The molecule has 0 aliphatic carbocycles. The van der Waals surface area contributed by atoms with Gasteiger partial charge in [-0.15, -0.1) is 11.3 Å². The number of thiophene rings is 1. The molecule has 0 saturated heterocycles. The second-order valence-electron chi connectivity index (χ2n) is 7.35. The Morgan fingerprint density at radius 3 is 2.86 bits per heavy atom. The third-order valence-electron chi connectivity index (χ3n) is 5.34. The van der Waals surface area contributed by atoms with Gasteiger partial charge < -0.3 is 19.6 Å². The van der Waals surface area contributed by atoms with Crippen LogP contribution in [0.1, 0.15) is 15.2 Å². The number of aromatic carboxylic acids is 1. The van der Waals surface area contributed by atoms with Crippen molar-refractivity contribution >= 4 is 39.1 Å². The summed E-state index contributed by atoms with van der Waals surface area (Å²) in [5.74, 6) is -2.17. The number of carbonyl (C=O) groups is 1. The normalized spacial score (nSPS) is 11.1. The highest BCUT2D eigenvalue weighted by Gasteiger charge is 2.22. The second kappa shape index (κ2) is 8.65. The van der Waals surface area contributed by atoms with Crippen LogP contribution in [0.5, 0.6) is 11.5 Å². The van der Waals surface area contributed by atoms with E-state index >= 15 is 4.39 Å². The number of halogens is 1. The summed E-state index contributed by atoms with van der Waals surface area (Å²) in [6.45, 7) is 0.0319. The van der Waals surface area contributed by atoms with Crippen molar-refractivity contribution in [1.29, 1.82) is 0 Å². The van der Waals surface area contributed by atoms with E-state index in [-0.39, 0.29) is 33.9 Å². The number of H-pyrrole nitrogens is 1. The lowest BCUT2D eigenvalue weighted by atomic mass is 10.1. The summed E-state index contributed by atoms with van der Waals surface area (Å²) in [6, 6.07) is 7.58. The van der Waals surface area contributed by atoms with Crippen LogP contribution < -0.4 is 20.7 Å². The van der Waals surface area contributed by atoms with Crippen molar-refractivity contribution < 1.29 is 23.8 Å². The first kappa shape index (κ1) is 22.2. The second-order valence-corrected chi connectivity index (χ2v) is 8.22. The molecule has 3 aromatic heterocycles. The molecule has 0 atom stereocenters. The van der Waals surface area contributed by atoms with Gasteiger partial charge in [-0.2, -0.15) is 0 Å². The van der Waals surface area contributed by atoms with Gasteiger partial charge in [0.15, 0.2) is 17.3 Å². The third-order valence-corrected chi connectivity index (χ3v) is 6.31. The molecule has 3 heterocycles. The molecule has 0 fully saturated rings. The molecule has 2 aromatic carbocycles. The number of ether oxygens (including phenoxy) is 2. The smallest absolute Gasteiger partial charge is 0.346 e. The maximum absolute atomic E-state index is 15.0. The van der Waals surface area contributed by atoms with E-state index in [1.807, 2.05) is 12.1 Å². The Labute approximate surface area is 198 Å². The average molecular weight is 494 g/mol. The molecular formula is C23H15FN4O6S. The van der Waals surface area contributed by atoms with E-state index in [4.69, 9.17) is 9.47 Å². The Morgan fingerprint density at radius 1 is 1.26 bits per heavy atom. The highest BCUT2D eigenvalue weighted by Crippen LogP contribution is 2.32. The lowest BCUT2D eigenvalue weighted by molar-refractivity contribution is 0.0704. The number of carboxylic acids is 1. The van der Waals surface area contributed by atoms with Crippen LogP contribution in [0.2, 0.25) is 0 Å². The van der Waals surface area contributed by atoms with Crippen LogP contribution in [-0.4, -0.2) is 37.7 Å². The molecule has 12 heteroatoms. The standard InChI is InChI=1S/C23H15FN4O6S/c1-33-17-5-13(24)16(28-21(29)19-15(27-23(28)32)9-35-20(19)22(30)31)6-18(17)34-8-11-3-2-4-14-12(11)7-25-10-26-14/h2-7,9-10H,8H2,1H3,(H,27,32)(H,30,31). The first-order chi connectivity index (χ1) is 16.9. The lowest BCUT2D eigenvalue weighted by Gasteiger charge is -2.15. The number of aromatic nitrogens is 4. The van der Waals surface area contributed by atoms with E-state index in [0.717, 1.165) is 34.4 Å². The molecule has 0 aliphatic heterocycles. The van der Waals surface area contributed by atoms with Crippen molar-refractivity contribution in [2.75, 3.05) is 7.11 Å². The summed E-state index contributed by atoms with van der Waals surface area (Å²) in [5.41, 5.74) is -0.803. The van der Waals surface area contributed by atoms with Gasteiger partial charge in [-0.25, -0.2) is 28.5 Å². The summed E-state index contributed by atoms with van der Waals surface area (Å²) in [7, 11) is 1.32. The topological polar surface area (TPSA) is 136 Å². The number of nitrogens with one attached hydrogen (secondary N) is 1. The van der Waals surface area contributed by atoms with Gasteiger partial charge in [0.1, 0.15) is 17.8 Å². The number of aromatic amines is 1. The number of benzene rings is 2. The van der Waals surface area contributed by atoms with E-state index in [1.165, 1.54) is 18.8 Å². The molecule has 35 heavy (non-hydrogen) atoms. The summed E-state index contributed by atoms with van der Waals surface area (Å²) >= 11 is 0.786. The van der Waals surface area contributed by atoms with E-state index in [1.54, 1.807) is 12.3 Å². The van der Waals surface area contributed by atoms with Crippen LogP contribution >= 0.6 is 11.3 Å². The Morgan fingerprint density at radius 2 is 2.09 bits per heavy atom. The molecule has 0 saturated carbocycles. The zero-order chi connectivity index (χ0) is 24.7. The average Bonchev–Trinajstić information content (AvgIpc) is 3.28. The molecular weight excluding hydrogens is 479 g/mol.